The van der Waals surface area contributed by atoms with Crippen LogP contribution in [-0.2, 0) is 10.0 Å². The lowest BCUT2D eigenvalue weighted by Crippen LogP contribution is -2.29. The highest BCUT2D eigenvalue weighted by Gasteiger charge is 2.22. The number of hydrogen-bond acceptors (Lipinski definition) is 4. The summed E-state index contributed by atoms with van der Waals surface area (Å²) in [6.07, 6.45) is 1.39. The maximum absolute atomic E-state index is 12.3. The second-order valence-electron chi connectivity index (χ2n) is 4.26. The molecule has 0 radical (unpaired) electrons. The van der Waals surface area contributed by atoms with Gasteiger partial charge >= 0.3 is 0 Å². The largest absolute Gasteiger partial charge is 0.258 e. The molecule has 0 amide bonds. The van der Waals surface area contributed by atoms with Gasteiger partial charge in [0.1, 0.15) is 0 Å². The number of nitrogens with one attached hydrogen (secondary N) is 1. The van der Waals surface area contributed by atoms with Crippen molar-refractivity contribution in [3.63, 3.8) is 0 Å². The Kier molecular flexibility index (Phi) is 4.91. The molecule has 0 aliphatic carbocycles. The second-order valence-corrected chi connectivity index (χ2v) is 6.36. The highest BCUT2D eigenvalue weighted by atomic mass is 35.5. The van der Waals surface area contributed by atoms with Gasteiger partial charge in [0.2, 0.25) is 0 Å². The molecule has 5 nitrogen and oxygen atoms in total. The fourth-order valence-corrected chi connectivity index (χ4v) is 3.17. The summed E-state index contributed by atoms with van der Waals surface area (Å²) in [4.78, 5) is 3.82. The summed E-state index contributed by atoms with van der Waals surface area (Å²) in [6, 6.07) is 12.6. The first-order chi connectivity index (χ1) is 10.0. The van der Waals surface area contributed by atoms with E-state index in [0.717, 1.165) is 0 Å². The molecule has 0 bridgehead atoms. The molecule has 1 N–H and O–H groups in total. The highest BCUT2D eigenvalue weighted by molar-refractivity contribution is 7.89. The van der Waals surface area contributed by atoms with Crippen molar-refractivity contribution in [1.82, 2.24) is 9.71 Å². The molecule has 7 heteroatoms. The summed E-state index contributed by atoms with van der Waals surface area (Å²) >= 11 is 5.90. The van der Waals surface area contributed by atoms with Gasteiger partial charge in [-0.2, -0.15) is 5.26 Å². The Morgan fingerprint density at radius 3 is 2.71 bits per heavy atom. The zero-order chi connectivity index (χ0) is 15.3. The van der Waals surface area contributed by atoms with E-state index in [9.17, 15) is 8.42 Å². The molecular weight excluding hydrogens is 310 g/mol. The zero-order valence-corrected chi connectivity index (χ0v) is 12.5. The number of nitrogens with zero attached hydrogens (tertiary/aromatic N) is 2. The van der Waals surface area contributed by atoms with E-state index < -0.39 is 16.1 Å². The quantitative estimate of drug-likeness (QED) is 0.917. The van der Waals surface area contributed by atoms with Gasteiger partial charge < -0.3 is 0 Å². The Hall–Kier alpha value is -1.94. The summed E-state index contributed by atoms with van der Waals surface area (Å²) in [5.41, 5.74) is 0.628. The smallest absolute Gasteiger partial charge is 0.243 e. The minimum absolute atomic E-state index is 0.00753. The van der Waals surface area contributed by atoms with Gasteiger partial charge in [-0.25, -0.2) is 18.1 Å². The molecule has 0 aliphatic rings. The monoisotopic (exact) mass is 321 g/mol. The van der Waals surface area contributed by atoms with Crippen LogP contribution in [0.2, 0.25) is 5.02 Å². The average Bonchev–Trinajstić information content (AvgIpc) is 2.47. The van der Waals surface area contributed by atoms with E-state index in [1.54, 1.807) is 36.4 Å². The maximum Gasteiger partial charge on any atom is 0.258 e. The Bertz CT molecular complexity index is 757. The molecule has 1 atom stereocenters. The van der Waals surface area contributed by atoms with Gasteiger partial charge in [0.15, 0.2) is 5.03 Å². The third-order valence-electron chi connectivity index (χ3n) is 2.76. The van der Waals surface area contributed by atoms with Crippen LogP contribution in [0.25, 0.3) is 0 Å². The van der Waals surface area contributed by atoms with Crippen molar-refractivity contribution in [3.05, 3.63) is 59.2 Å². The number of halogens is 1. The maximum atomic E-state index is 12.3. The van der Waals surface area contributed by atoms with Crippen molar-refractivity contribution in [2.45, 2.75) is 17.5 Å². The van der Waals surface area contributed by atoms with Crippen molar-refractivity contribution in [3.8, 4) is 6.07 Å². The Morgan fingerprint density at radius 1 is 1.29 bits per heavy atom. The van der Waals surface area contributed by atoms with Crippen LogP contribution in [0.15, 0.2) is 53.7 Å². The molecule has 0 aliphatic heterocycles. The molecule has 0 spiro atoms. The molecule has 1 aromatic carbocycles. The molecule has 1 unspecified atom stereocenters. The van der Waals surface area contributed by atoms with Crippen LogP contribution in [0.5, 0.6) is 0 Å². The average molecular weight is 322 g/mol. The predicted octanol–water partition coefficient (Wildman–Crippen LogP) is 2.67. The Balaban J connectivity index is 2.31. The molecule has 21 heavy (non-hydrogen) atoms. The summed E-state index contributed by atoms with van der Waals surface area (Å²) in [7, 11) is -3.80. The number of pyridine rings is 1. The number of nitriles is 1. The van der Waals surface area contributed by atoms with Gasteiger partial charge in [0, 0.05) is 11.2 Å². The molecule has 2 rings (SSSR count). The minimum atomic E-state index is -3.80. The first kappa shape index (κ1) is 15.4. The number of rotatable bonds is 5. The molecule has 1 heterocycles. The van der Waals surface area contributed by atoms with Crippen LogP contribution in [0.3, 0.4) is 0 Å². The third-order valence-corrected chi connectivity index (χ3v) is 4.38. The predicted molar refractivity (Wildman–Crippen MR) is 79.0 cm³/mol. The van der Waals surface area contributed by atoms with Crippen LogP contribution in [0.1, 0.15) is 18.0 Å². The third kappa shape index (κ3) is 4.02. The van der Waals surface area contributed by atoms with Gasteiger partial charge in [-0.1, -0.05) is 29.8 Å². The van der Waals surface area contributed by atoms with Crippen LogP contribution in [0, 0.1) is 11.3 Å². The normalized spacial score (nSPS) is 12.6. The van der Waals surface area contributed by atoms with E-state index in [1.165, 1.54) is 12.3 Å². The van der Waals surface area contributed by atoms with E-state index in [-0.39, 0.29) is 11.4 Å². The first-order valence-electron chi connectivity index (χ1n) is 6.09. The lowest BCUT2D eigenvalue weighted by Gasteiger charge is -2.16. The van der Waals surface area contributed by atoms with Crippen LogP contribution >= 0.6 is 11.6 Å². The summed E-state index contributed by atoms with van der Waals surface area (Å²) in [5, 5.41) is 9.29. The molecule has 0 saturated heterocycles. The van der Waals surface area contributed by atoms with Crippen molar-refractivity contribution in [1.29, 1.82) is 5.26 Å². The summed E-state index contributed by atoms with van der Waals surface area (Å²) < 4.78 is 27.0. The SMILES string of the molecule is N#CCC(NS(=O)(=O)c1ccccn1)c1cccc(Cl)c1. The topological polar surface area (TPSA) is 82.9 Å². The van der Waals surface area contributed by atoms with E-state index in [2.05, 4.69) is 9.71 Å². The standard InChI is InChI=1S/C14H12ClN3O2S/c15-12-5-3-4-11(10-12)13(7-8-16)18-21(19,20)14-6-1-2-9-17-14/h1-6,9-10,13,18H,7H2. The zero-order valence-electron chi connectivity index (χ0n) is 10.9. The van der Waals surface area contributed by atoms with Crippen molar-refractivity contribution >= 4 is 21.6 Å². The number of aromatic nitrogens is 1. The molecule has 0 fully saturated rings. The molecule has 0 saturated carbocycles. The van der Waals surface area contributed by atoms with Crippen LogP contribution < -0.4 is 4.72 Å². The van der Waals surface area contributed by atoms with Gasteiger partial charge in [0.05, 0.1) is 18.5 Å². The van der Waals surface area contributed by atoms with Crippen molar-refractivity contribution in [2.24, 2.45) is 0 Å². The number of sulfonamides is 1. The Labute approximate surface area is 128 Å². The van der Waals surface area contributed by atoms with E-state index in [1.807, 2.05) is 6.07 Å². The second kappa shape index (κ2) is 6.68. The van der Waals surface area contributed by atoms with E-state index >= 15 is 0 Å². The summed E-state index contributed by atoms with van der Waals surface area (Å²) in [6.45, 7) is 0. The summed E-state index contributed by atoms with van der Waals surface area (Å²) in [5.74, 6) is 0. The van der Waals surface area contributed by atoms with Gasteiger partial charge in [-0.3, -0.25) is 0 Å². The number of hydrogen-bond donors (Lipinski definition) is 1. The van der Waals surface area contributed by atoms with Crippen molar-refractivity contribution < 1.29 is 8.42 Å². The van der Waals surface area contributed by atoms with Crippen molar-refractivity contribution in [2.75, 3.05) is 0 Å². The molecule has 1 aromatic heterocycles. The number of benzene rings is 1. The fraction of sp³-hybridized carbons (Fsp3) is 0.143. The van der Waals surface area contributed by atoms with E-state index in [4.69, 9.17) is 16.9 Å². The molecule has 108 valence electrons. The fourth-order valence-electron chi connectivity index (χ4n) is 1.80. The van der Waals surface area contributed by atoms with Gasteiger partial charge in [-0.15, -0.1) is 0 Å². The lowest BCUT2D eigenvalue weighted by atomic mass is 10.1. The van der Waals surface area contributed by atoms with Gasteiger partial charge in [0.25, 0.3) is 10.0 Å². The first-order valence-corrected chi connectivity index (χ1v) is 7.95. The minimum Gasteiger partial charge on any atom is -0.243 e. The van der Waals surface area contributed by atoms with Gasteiger partial charge in [-0.05, 0) is 29.8 Å². The molecular formula is C14H12ClN3O2S. The highest BCUT2D eigenvalue weighted by Crippen LogP contribution is 2.22. The Morgan fingerprint density at radius 2 is 2.10 bits per heavy atom. The lowest BCUT2D eigenvalue weighted by molar-refractivity contribution is 0.555. The van der Waals surface area contributed by atoms with Crippen LogP contribution in [-0.4, -0.2) is 13.4 Å². The van der Waals surface area contributed by atoms with E-state index in [0.29, 0.717) is 10.6 Å². The molecule has 2 aromatic rings. The van der Waals surface area contributed by atoms with Crippen LogP contribution in [0.4, 0.5) is 0 Å².